The summed E-state index contributed by atoms with van der Waals surface area (Å²) in [6.45, 7) is 24.7. The van der Waals surface area contributed by atoms with Crippen LogP contribution in [0.15, 0.2) is 0 Å². The van der Waals surface area contributed by atoms with Crippen LogP contribution in [0.25, 0.3) is 0 Å². The quantitative estimate of drug-likeness (QED) is 0.282. The topological polar surface area (TPSA) is 0 Å². The summed E-state index contributed by atoms with van der Waals surface area (Å²) in [5, 5.41) is 0. The number of hydrogen-bond acceptors (Lipinski definition) is 0. The Morgan fingerprint density at radius 2 is 1.37 bits per heavy atom. The molecule has 1 aliphatic rings. The lowest BCUT2D eigenvalue weighted by molar-refractivity contribution is 0.159. The van der Waals surface area contributed by atoms with Crippen molar-refractivity contribution in [3.8, 4) is 0 Å². The van der Waals surface area contributed by atoms with E-state index in [4.69, 9.17) is 0 Å². The molecular formula is C27H54. The predicted molar refractivity (Wildman–Crippen MR) is 124 cm³/mol. The Morgan fingerprint density at radius 3 is 1.89 bits per heavy atom. The lowest BCUT2D eigenvalue weighted by Gasteiger charge is -2.35. The summed E-state index contributed by atoms with van der Waals surface area (Å²) in [6.07, 6.45) is 15.5. The van der Waals surface area contributed by atoms with Crippen LogP contribution in [0.4, 0.5) is 0 Å². The van der Waals surface area contributed by atoms with Gasteiger partial charge in [0.05, 0.1) is 0 Å². The number of hydrogen-bond donors (Lipinski definition) is 0. The van der Waals surface area contributed by atoms with Crippen LogP contribution in [0.5, 0.6) is 0 Å². The van der Waals surface area contributed by atoms with Gasteiger partial charge in [-0.15, -0.1) is 0 Å². The Kier molecular flexibility index (Phi) is 8.96. The average Bonchev–Trinajstić information content (AvgIpc) is 3.16. The van der Waals surface area contributed by atoms with E-state index >= 15 is 0 Å². The fourth-order valence-corrected chi connectivity index (χ4v) is 5.80. The van der Waals surface area contributed by atoms with Crippen molar-refractivity contribution < 1.29 is 0 Å². The largest absolute Gasteiger partial charge is 0.0654 e. The van der Waals surface area contributed by atoms with E-state index in [-0.39, 0.29) is 0 Å². The summed E-state index contributed by atoms with van der Waals surface area (Å²) in [5.74, 6) is 1.69. The van der Waals surface area contributed by atoms with E-state index in [9.17, 15) is 0 Å². The molecule has 0 nitrogen and oxygen atoms in total. The first-order valence-electron chi connectivity index (χ1n) is 12.4. The van der Waals surface area contributed by atoms with Crippen LogP contribution < -0.4 is 0 Å². The van der Waals surface area contributed by atoms with Crippen molar-refractivity contribution in [2.75, 3.05) is 0 Å². The lowest BCUT2D eigenvalue weighted by Crippen LogP contribution is -2.24. The van der Waals surface area contributed by atoms with Crippen LogP contribution in [0.1, 0.15) is 140 Å². The van der Waals surface area contributed by atoms with Crippen LogP contribution >= 0.6 is 0 Å². The molecule has 0 aromatic heterocycles. The molecule has 162 valence electrons. The summed E-state index contributed by atoms with van der Waals surface area (Å²) in [6, 6.07) is 0. The molecule has 0 radical (unpaired) electrons. The third-order valence-electron chi connectivity index (χ3n) is 9.41. The fourth-order valence-electron chi connectivity index (χ4n) is 5.80. The zero-order valence-corrected chi connectivity index (χ0v) is 20.9. The summed E-state index contributed by atoms with van der Waals surface area (Å²) in [4.78, 5) is 0. The van der Waals surface area contributed by atoms with Crippen LogP contribution in [0.2, 0.25) is 0 Å². The maximum atomic E-state index is 2.63. The Bertz CT molecular complexity index is 431. The van der Waals surface area contributed by atoms with E-state index in [0.717, 1.165) is 11.8 Å². The monoisotopic (exact) mass is 378 g/mol. The average molecular weight is 379 g/mol. The van der Waals surface area contributed by atoms with E-state index < -0.39 is 0 Å². The highest BCUT2D eigenvalue weighted by Gasteiger charge is 2.61. The molecule has 1 fully saturated rings. The Labute approximate surface area is 173 Å². The molecule has 0 spiro atoms. The summed E-state index contributed by atoms with van der Waals surface area (Å²) in [7, 11) is 0. The molecule has 0 bridgehead atoms. The van der Waals surface area contributed by atoms with Crippen LogP contribution in [0, 0.1) is 33.5 Å². The molecule has 0 aromatic rings. The van der Waals surface area contributed by atoms with Gasteiger partial charge in [-0.3, -0.25) is 0 Å². The fraction of sp³-hybridized carbons (Fsp3) is 1.00. The minimum Gasteiger partial charge on any atom is -0.0654 e. The van der Waals surface area contributed by atoms with E-state index in [2.05, 4.69) is 69.2 Å². The van der Waals surface area contributed by atoms with E-state index in [1.807, 2.05) is 0 Å². The second kappa shape index (κ2) is 9.67. The standard InChI is InChI=1S/C27H54/c1-11-15-23(5)24(6,7)17-14-18-26(10)21-27(26,16-12-2)20-19-25(8,9)22(4)13-3/h22-23H,11-21H2,1-10H3. The zero-order chi connectivity index (χ0) is 20.9. The maximum absolute atomic E-state index is 2.63. The van der Waals surface area contributed by atoms with Crippen molar-refractivity contribution in [2.45, 2.75) is 140 Å². The van der Waals surface area contributed by atoms with Crippen molar-refractivity contribution in [1.82, 2.24) is 0 Å². The van der Waals surface area contributed by atoms with Crippen molar-refractivity contribution in [1.29, 1.82) is 0 Å². The highest BCUT2D eigenvalue weighted by Crippen LogP contribution is 2.71. The van der Waals surface area contributed by atoms with E-state index in [1.165, 1.54) is 70.6 Å². The maximum Gasteiger partial charge on any atom is -0.0238 e. The van der Waals surface area contributed by atoms with Crippen molar-refractivity contribution in [3.05, 3.63) is 0 Å². The first-order chi connectivity index (χ1) is 12.4. The minimum absolute atomic E-state index is 0.497. The van der Waals surface area contributed by atoms with Gasteiger partial charge in [-0.05, 0) is 72.0 Å². The van der Waals surface area contributed by atoms with E-state index in [0.29, 0.717) is 21.7 Å². The molecule has 4 atom stereocenters. The summed E-state index contributed by atoms with van der Waals surface area (Å²) >= 11 is 0. The van der Waals surface area contributed by atoms with E-state index in [1.54, 1.807) is 0 Å². The molecular weight excluding hydrogens is 324 g/mol. The Balaban J connectivity index is 2.62. The van der Waals surface area contributed by atoms with Gasteiger partial charge in [0.15, 0.2) is 0 Å². The van der Waals surface area contributed by atoms with Gasteiger partial charge < -0.3 is 0 Å². The van der Waals surface area contributed by atoms with Gasteiger partial charge in [-0.25, -0.2) is 0 Å². The molecule has 1 saturated carbocycles. The summed E-state index contributed by atoms with van der Waals surface area (Å²) < 4.78 is 0. The molecule has 0 heterocycles. The lowest BCUT2D eigenvalue weighted by atomic mass is 9.71. The Morgan fingerprint density at radius 1 is 0.778 bits per heavy atom. The van der Waals surface area contributed by atoms with Gasteiger partial charge >= 0.3 is 0 Å². The van der Waals surface area contributed by atoms with Crippen molar-refractivity contribution >= 4 is 0 Å². The minimum atomic E-state index is 0.497. The van der Waals surface area contributed by atoms with Gasteiger partial charge in [0, 0.05) is 0 Å². The predicted octanol–water partition coefficient (Wildman–Crippen LogP) is 9.67. The van der Waals surface area contributed by atoms with Crippen molar-refractivity contribution in [2.24, 2.45) is 33.5 Å². The second-order valence-corrected chi connectivity index (χ2v) is 12.1. The molecule has 1 aliphatic carbocycles. The molecule has 0 heteroatoms. The summed E-state index contributed by atoms with van der Waals surface area (Å²) in [5.41, 5.74) is 2.29. The molecule has 0 N–H and O–H groups in total. The molecule has 0 aromatic carbocycles. The molecule has 0 saturated heterocycles. The molecule has 4 unspecified atom stereocenters. The normalized spacial score (nSPS) is 28.2. The van der Waals surface area contributed by atoms with Gasteiger partial charge in [-0.1, -0.05) is 101 Å². The zero-order valence-electron chi connectivity index (χ0n) is 20.9. The van der Waals surface area contributed by atoms with Crippen LogP contribution in [-0.2, 0) is 0 Å². The molecule has 0 aliphatic heterocycles. The second-order valence-electron chi connectivity index (χ2n) is 12.1. The molecule has 0 amide bonds. The van der Waals surface area contributed by atoms with Gasteiger partial charge in [-0.2, -0.15) is 0 Å². The van der Waals surface area contributed by atoms with Crippen molar-refractivity contribution in [3.63, 3.8) is 0 Å². The third-order valence-corrected chi connectivity index (χ3v) is 9.41. The van der Waals surface area contributed by atoms with Gasteiger partial charge in [0.25, 0.3) is 0 Å². The molecule has 27 heavy (non-hydrogen) atoms. The van der Waals surface area contributed by atoms with Gasteiger partial charge in [0.2, 0.25) is 0 Å². The first-order valence-corrected chi connectivity index (χ1v) is 12.4. The number of rotatable bonds is 14. The SMILES string of the molecule is CCCC(C)C(C)(C)CCCC1(C)CC1(CCC)CCC(C)(C)C(C)CC. The van der Waals surface area contributed by atoms with Crippen LogP contribution in [0.3, 0.4) is 0 Å². The third kappa shape index (κ3) is 6.24. The molecule has 1 rings (SSSR count). The van der Waals surface area contributed by atoms with Gasteiger partial charge in [0.1, 0.15) is 0 Å². The Hall–Kier alpha value is 0. The highest BCUT2D eigenvalue weighted by atomic mass is 14.7. The first kappa shape index (κ1) is 25.0. The highest BCUT2D eigenvalue weighted by molar-refractivity contribution is 5.11. The van der Waals surface area contributed by atoms with Crippen LogP contribution in [-0.4, -0.2) is 0 Å². The smallest absolute Gasteiger partial charge is 0.0238 e.